The summed E-state index contributed by atoms with van der Waals surface area (Å²) in [6, 6.07) is 0. The first-order chi connectivity index (χ1) is 6.56. The van der Waals surface area contributed by atoms with Crippen LogP contribution >= 0.6 is 0 Å². The van der Waals surface area contributed by atoms with Crippen LogP contribution in [0.1, 0.15) is 45.4 Å². The van der Waals surface area contributed by atoms with Crippen LogP contribution < -0.4 is 5.73 Å². The molecule has 0 radical (unpaired) electrons. The number of hydrogen-bond donors (Lipinski definition) is 3. The predicted octanol–water partition coefficient (Wildman–Crippen LogP) is 1.03. The van der Waals surface area contributed by atoms with E-state index in [0.717, 1.165) is 12.8 Å². The maximum atomic E-state index is 10.2. The minimum atomic E-state index is -0.737. The van der Waals surface area contributed by atoms with Crippen molar-refractivity contribution >= 4 is 0 Å². The molecule has 0 amide bonds. The molecule has 0 aromatic heterocycles. The van der Waals surface area contributed by atoms with E-state index in [1.165, 1.54) is 19.3 Å². The summed E-state index contributed by atoms with van der Waals surface area (Å²) in [5.74, 6) is 0.345. The molecule has 2 atom stereocenters. The summed E-state index contributed by atoms with van der Waals surface area (Å²) in [7, 11) is 0. The number of nitrogens with two attached hydrogens (primary N) is 1. The van der Waals surface area contributed by atoms with E-state index in [1.54, 1.807) is 0 Å². The maximum Gasteiger partial charge on any atom is 0.0689 e. The molecule has 1 rings (SSSR count). The van der Waals surface area contributed by atoms with Gasteiger partial charge in [0.2, 0.25) is 0 Å². The predicted molar refractivity (Wildman–Crippen MR) is 56.9 cm³/mol. The Morgan fingerprint density at radius 2 is 1.93 bits per heavy atom. The second-order valence-electron chi connectivity index (χ2n) is 4.79. The van der Waals surface area contributed by atoms with Gasteiger partial charge >= 0.3 is 0 Å². The van der Waals surface area contributed by atoms with Gasteiger partial charge in [-0.05, 0) is 25.7 Å². The van der Waals surface area contributed by atoms with Crippen molar-refractivity contribution in [1.82, 2.24) is 0 Å². The third-order valence-electron chi connectivity index (χ3n) is 3.41. The standard InChI is InChI=1S/C11H23NO2/c1-11(14,7-10(13)8-12)9-5-3-2-4-6-9/h9-10,13-14H,2-8,12H2,1H3/t10-,11+/m1/s1. The Kier molecular flexibility index (Phi) is 4.35. The monoisotopic (exact) mass is 201 g/mol. The van der Waals surface area contributed by atoms with E-state index in [2.05, 4.69) is 0 Å². The number of rotatable bonds is 4. The van der Waals surface area contributed by atoms with Gasteiger partial charge in [0.15, 0.2) is 0 Å². The highest BCUT2D eigenvalue weighted by atomic mass is 16.3. The normalized spacial score (nSPS) is 25.7. The van der Waals surface area contributed by atoms with Gasteiger partial charge in [-0.25, -0.2) is 0 Å². The molecule has 0 bridgehead atoms. The first-order valence-electron chi connectivity index (χ1n) is 5.67. The highest BCUT2D eigenvalue weighted by molar-refractivity contribution is 4.86. The molecule has 0 aromatic carbocycles. The second kappa shape index (κ2) is 5.10. The molecule has 1 saturated carbocycles. The van der Waals surface area contributed by atoms with Gasteiger partial charge in [-0.3, -0.25) is 0 Å². The fraction of sp³-hybridized carbons (Fsp3) is 1.00. The van der Waals surface area contributed by atoms with Gasteiger partial charge in [0.25, 0.3) is 0 Å². The molecule has 3 heteroatoms. The van der Waals surface area contributed by atoms with Crippen molar-refractivity contribution in [1.29, 1.82) is 0 Å². The fourth-order valence-corrected chi connectivity index (χ4v) is 2.45. The zero-order valence-electron chi connectivity index (χ0n) is 9.08. The highest BCUT2D eigenvalue weighted by Gasteiger charge is 2.34. The van der Waals surface area contributed by atoms with E-state index in [1.807, 2.05) is 6.92 Å². The van der Waals surface area contributed by atoms with Crippen molar-refractivity contribution in [2.75, 3.05) is 6.54 Å². The van der Waals surface area contributed by atoms with Crippen LogP contribution in [0, 0.1) is 5.92 Å². The quantitative estimate of drug-likeness (QED) is 0.636. The summed E-state index contributed by atoms with van der Waals surface area (Å²) in [6.07, 6.45) is 5.72. The Morgan fingerprint density at radius 1 is 1.36 bits per heavy atom. The molecule has 0 saturated heterocycles. The molecule has 3 nitrogen and oxygen atoms in total. The lowest BCUT2D eigenvalue weighted by Crippen LogP contribution is -2.41. The van der Waals surface area contributed by atoms with Crippen molar-refractivity contribution in [2.24, 2.45) is 11.7 Å². The van der Waals surface area contributed by atoms with Gasteiger partial charge in [-0.2, -0.15) is 0 Å². The largest absolute Gasteiger partial charge is 0.392 e. The third-order valence-corrected chi connectivity index (χ3v) is 3.41. The lowest BCUT2D eigenvalue weighted by atomic mass is 9.75. The fourth-order valence-electron chi connectivity index (χ4n) is 2.45. The molecule has 0 spiro atoms. The smallest absolute Gasteiger partial charge is 0.0689 e. The van der Waals surface area contributed by atoms with E-state index in [4.69, 9.17) is 5.73 Å². The van der Waals surface area contributed by atoms with Gasteiger partial charge < -0.3 is 15.9 Å². The van der Waals surface area contributed by atoms with E-state index in [-0.39, 0.29) is 6.54 Å². The van der Waals surface area contributed by atoms with Crippen LogP contribution in [0.5, 0.6) is 0 Å². The van der Waals surface area contributed by atoms with Crippen LogP contribution in [-0.2, 0) is 0 Å². The van der Waals surface area contributed by atoms with Crippen molar-refractivity contribution < 1.29 is 10.2 Å². The first kappa shape index (κ1) is 12.0. The van der Waals surface area contributed by atoms with Crippen LogP contribution in [0.4, 0.5) is 0 Å². The SMILES string of the molecule is C[C@](O)(C[C@@H](O)CN)C1CCCCC1. The zero-order valence-corrected chi connectivity index (χ0v) is 9.08. The average Bonchev–Trinajstić information content (AvgIpc) is 2.18. The zero-order chi connectivity index (χ0) is 10.6. The Hall–Kier alpha value is -0.120. The van der Waals surface area contributed by atoms with E-state index < -0.39 is 11.7 Å². The summed E-state index contributed by atoms with van der Waals surface area (Å²) in [4.78, 5) is 0. The molecule has 1 fully saturated rings. The number of aliphatic hydroxyl groups excluding tert-OH is 1. The highest BCUT2D eigenvalue weighted by Crippen LogP contribution is 2.34. The molecule has 0 aliphatic heterocycles. The summed E-state index contributed by atoms with van der Waals surface area (Å²) >= 11 is 0. The third kappa shape index (κ3) is 3.23. The van der Waals surface area contributed by atoms with Crippen LogP contribution in [0.15, 0.2) is 0 Å². The summed E-state index contributed by atoms with van der Waals surface area (Å²) in [6.45, 7) is 2.07. The molecule has 0 heterocycles. The van der Waals surface area contributed by atoms with Gasteiger partial charge in [0, 0.05) is 13.0 Å². The molecular formula is C11H23NO2. The first-order valence-corrected chi connectivity index (χ1v) is 5.67. The molecular weight excluding hydrogens is 178 g/mol. The van der Waals surface area contributed by atoms with Crippen LogP contribution in [-0.4, -0.2) is 28.5 Å². The number of aliphatic hydroxyl groups is 2. The van der Waals surface area contributed by atoms with Crippen LogP contribution in [0.3, 0.4) is 0 Å². The molecule has 4 N–H and O–H groups in total. The van der Waals surface area contributed by atoms with Gasteiger partial charge in [-0.15, -0.1) is 0 Å². The van der Waals surface area contributed by atoms with Crippen LogP contribution in [0.2, 0.25) is 0 Å². The van der Waals surface area contributed by atoms with Gasteiger partial charge in [0.1, 0.15) is 0 Å². The number of hydrogen-bond acceptors (Lipinski definition) is 3. The van der Waals surface area contributed by atoms with Crippen molar-refractivity contribution in [3.8, 4) is 0 Å². The van der Waals surface area contributed by atoms with Gasteiger partial charge in [0.05, 0.1) is 11.7 Å². The second-order valence-corrected chi connectivity index (χ2v) is 4.79. The Balaban J connectivity index is 2.45. The minimum absolute atomic E-state index is 0.239. The molecule has 1 aliphatic rings. The van der Waals surface area contributed by atoms with Crippen LogP contribution in [0.25, 0.3) is 0 Å². The van der Waals surface area contributed by atoms with Crippen molar-refractivity contribution in [3.63, 3.8) is 0 Å². The Morgan fingerprint density at radius 3 is 2.43 bits per heavy atom. The lowest BCUT2D eigenvalue weighted by Gasteiger charge is -2.36. The lowest BCUT2D eigenvalue weighted by molar-refractivity contribution is -0.0510. The summed E-state index contributed by atoms with van der Waals surface area (Å²) in [5, 5.41) is 19.7. The van der Waals surface area contributed by atoms with Gasteiger partial charge in [-0.1, -0.05) is 19.3 Å². The van der Waals surface area contributed by atoms with E-state index in [0.29, 0.717) is 12.3 Å². The molecule has 0 unspecified atom stereocenters. The topological polar surface area (TPSA) is 66.5 Å². The average molecular weight is 201 g/mol. The Bertz CT molecular complexity index is 165. The molecule has 14 heavy (non-hydrogen) atoms. The molecule has 84 valence electrons. The molecule has 1 aliphatic carbocycles. The maximum absolute atomic E-state index is 10.2. The minimum Gasteiger partial charge on any atom is -0.392 e. The van der Waals surface area contributed by atoms with E-state index in [9.17, 15) is 10.2 Å². The summed E-state index contributed by atoms with van der Waals surface area (Å²) < 4.78 is 0. The summed E-state index contributed by atoms with van der Waals surface area (Å²) in [5.41, 5.74) is 4.61. The van der Waals surface area contributed by atoms with Crippen molar-refractivity contribution in [3.05, 3.63) is 0 Å². The Labute approximate surface area is 86.3 Å². The van der Waals surface area contributed by atoms with E-state index >= 15 is 0 Å². The molecule has 0 aromatic rings. The van der Waals surface area contributed by atoms with Crippen molar-refractivity contribution in [2.45, 2.75) is 57.2 Å².